The van der Waals surface area contributed by atoms with E-state index in [0.717, 1.165) is 16.3 Å². The standard InChI is InChI=1S/C17H15N3OS/c1-12-4-2-5-13(8-12)17-20-15(11-22-17)10-19-16(21)14-6-3-7-18-9-14/h2-9,11H,10H2,1H3,(H,19,21). The van der Waals surface area contributed by atoms with Crippen molar-refractivity contribution < 1.29 is 4.79 Å². The molecule has 4 nitrogen and oxygen atoms in total. The third-order valence-corrected chi connectivity index (χ3v) is 4.11. The first-order valence-electron chi connectivity index (χ1n) is 6.92. The molecule has 0 aliphatic carbocycles. The lowest BCUT2D eigenvalue weighted by atomic mass is 10.1. The van der Waals surface area contributed by atoms with Crippen LogP contribution in [0.25, 0.3) is 10.6 Å². The van der Waals surface area contributed by atoms with Crippen molar-refractivity contribution in [2.75, 3.05) is 0 Å². The Morgan fingerprint density at radius 2 is 2.18 bits per heavy atom. The zero-order valence-electron chi connectivity index (χ0n) is 12.1. The molecule has 0 saturated heterocycles. The van der Waals surface area contributed by atoms with E-state index in [9.17, 15) is 4.79 Å². The van der Waals surface area contributed by atoms with Gasteiger partial charge in [0.15, 0.2) is 0 Å². The lowest BCUT2D eigenvalue weighted by Crippen LogP contribution is -2.22. The van der Waals surface area contributed by atoms with E-state index in [4.69, 9.17) is 0 Å². The Labute approximate surface area is 132 Å². The summed E-state index contributed by atoms with van der Waals surface area (Å²) >= 11 is 1.58. The van der Waals surface area contributed by atoms with Gasteiger partial charge in [0, 0.05) is 23.3 Å². The van der Waals surface area contributed by atoms with Gasteiger partial charge in [0.25, 0.3) is 5.91 Å². The predicted molar refractivity (Wildman–Crippen MR) is 87.7 cm³/mol. The number of carbonyl (C=O) groups excluding carboxylic acids is 1. The molecule has 0 unspecified atom stereocenters. The molecule has 0 fully saturated rings. The number of thiazole rings is 1. The number of rotatable bonds is 4. The van der Waals surface area contributed by atoms with Gasteiger partial charge in [0.2, 0.25) is 0 Å². The Morgan fingerprint density at radius 3 is 2.95 bits per heavy atom. The second-order valence-corrected chi connectivity index (χ2v) is 5.80. The quantitative estimate of drug-likeness (QED) is 0.803. The van der Waals surface area contributed by atoms with Crippen LogP contribution in [0, 0.1) is 6.92 Å². The summed E-state index contributed by atoms with van der Waals surface area (Å²) in [6.07, 6.45) is 3.19. The minimum atomic E-state index is -0.141. The second kappa shape index (κ2) is 6.49. The highest BCUT2D eigenvalue weighted by Crippen LogP contribution is 2.24. The van der Waals surface area contributed by atoms with Crippen molar-refractivity contribution in [2.24, 2.45) is 0 Å². The van der Waals surface area contributed by atoms with Crippen LogP contribution in [-0.4, -0.2) is 15.9 Å². The van der Waals surface area contributed by atoms with Crippen molar-refractivity contribution in [3.05, 3.63) is 71.0 Å². The summed E-state index contributed by atoms with van der Waals surface area (Å²) in [6, 6.07) is 11.7. The molecule has 1 amide bonds. The maximum atomic E-state index is 12.0. The van der Waals surface area contributed by atoms with Crippen molar-refractivity contribution in [3.63, 3.8) is 0 Å². The van der Waals surface area contributed by atoms with E-state index in [0.29, 0.717) is 12.1 Å². The van der Waals surface area contributed by atoms with Gasteiger partial charge >= 0.3 is 0 Å². The minimum Gasteiger partial charge on any atom is -0.346 e. The van der Waals surface area contributed by atoms with Crippen LogP contribution in [0.2, 0.25) is 0 Å². The average Bonchev–Trinajstić information content (AvgIpc) is 3.02. The molecule has 2 heterocycles. The summed E-state index contributed by atoms with van der Waals surface area (Å²) < 4.78 is 0. The Morgan fingerprint density at radius 1 is 1.27 bits per heavy atom. The minimum absolute atomic E-state index is 0.141. The molecule has 0 saturated carbocycles. The number of aromatic nitrogens is 2. The van der Waals surface area contributed by atoms with E-state index < -0.39 is 0 Å². The highest BCUT2D eigenvalue weighted by molar-refractivity contribution is 7.13. The first-order chi connectivity index (χ1) is 10.7. The Balaban J connectivity index is 1.66. The zero-order chi connectivity index (χ0) is 15.4. The third kappa shape index (κ3) is 3.38. The predicted octanol–water partition coefficient (Wildman–Crippen LogP) is 3.44. The first kappa shape index (κ1) is 14.4. The molecule has 1 N–H and O–H groups in total. The van der Waals surface area contributed by atoms with Crippen molar-refractivity contribution >= 4 is 17.2 Å². The second-order valence-electron chi connectivity index (χ2n) is 4.94. The number of carbonyl (C=O) groups is 1. The normalized spacial score (nSPS) is 10.4. The summed E-state index contributed by atoms with van der Waals surface area (Å²) in [4.78, 5) is 20.5. The summed E-state index contributed by atoms with van der Waals surface area (Å²) in [5, 5.41) is 5.80. The number of pyridine rings is 1. The largest absolute Gasteiger partial charge is 0.346 e. The van der Waals surface area contributed by atoms with Crippen LogP contribution in [0.3, 0.4) is 0 Å². The molecule has 110 valence electrons. The van der Waals surface area contributed by atoms with Crippen LogP contribution < -0.4 is 5.32 Å². The molecule has 0 radical (unpaired) electrons. The number of benzene rings is 1. The van der Waals surface area contributed by atoms with Gasteiger partial charge in [-0.15, -0.1) is 11.3 Å². The van der Waals surface area contributed by atoms with E-state index in [1.54, 1.807) is 35.9 Å². The average molecular weight is 309 g/mol. The fourth-order valence-electron chi connectivity index (χ4n) is 2.07. The Bertz CT molecular complexity index is 783. The topological polar surface area (TPSA) is 54.9 Å². The fourth-order valence-corrected chi connectivity index (χ4v) is 2.89. The van der Waals surface area contributed by atoms with Crippen LogP contribution >= 0.6 is 11.3 Å². The van der Waals surface area contributed by atoms with Crippen molar-refractivity contribution in [2.45, 2.75) is 13.5 Å². The van der Waals surface area contributed by atoms with Crippen LogP contribution in [0.4, 0.5) is 0 Å². The monoisotopic (exact) mass is 309 g/mol. The molecule has 0 bridgehead atoms. The molecule has 0 aliphatic rings. The van der Waals surface area contributed by atoms with Crippen LogP contribution in [-0.2, 0) is 6.54 Å². The fraction of sp³-hybridized carbons (Fsp3) is 0.118. The molecule has 5 heteroatoms. The van der Waals surface area contributed by atoms with Crippen molar-refractivity contribution in [1.29, 1.82) is 0 Å². The highest BCUT2D eigenvalue weighted by Gasteiger charge is 2.08. The van der Waals surface area contributed by atoms with Gasteiger partial charge in [-0.05, 0) is 25.1 Å². The molecular formula is C17H15N3OS. The van der Waals surface area contributed by atoms with Gasteiger partial charge in [-0.3, -0.25) is 9.78 Å². The van der Waals surface area contributed by atoms with Crippen LogP contribution in [0.5, 0.6) is 0 Å². The van der Waals surface area contributed by atoms with Gasteiger partial charge in [0.1, 0.15) is 5.01 Å². The molecule has 0 spiro atoms. The van der Waals surface area contributed by atoms with Gasteiger partial charge in [0.05, 0.1) is 17.8 Å². The summed E-state index contributed by atoms with van der Waals surface area (Å²) in [6.45, 7) is 2.47. The summed E-state index contributed by atoms with van der Waals surface area (Å²) in [7, 11) is 0. The van der Waals surface area contributed by atoms with E-state index in [2.05, 4.69) is 34.3 Å². The van der Waals surface area contributed by atoms with Gasteiger partial charge in [-0.25, -0.2) is 4.98 Å². The summed E-state index contributed by atoms with van der Waals surface area (Å²) in [5.41, 5.74) is 3.73. The molecule has 22 heavy (non-hydrogen) atoms. The molecule has 3 aromatic rings. The molecule has 2 aromatic heterocycles. The van der Waals surface area contributed by atoms with Crippen LogP contribution in [0.1, 0.15) is 21.6 Å². The molecule has 3 rings (SSSR count). The maximum absolute atomic E-state index is 12.0. The lowest BCUT2D eigenvalue weighted by Gasteiger charge is -2.02. The van der Waals surface area contributed by atoms with Crippen LogP contribution in [0.15, 0.2) is 54.2 Å². The number of aryl methyl sites for hydroxylation is 1. The molecule has 0 aliphatic heterocycles. The van der Waals surface area contributed by atoms with E-state index >= 15 is 0 Å². The van der Waals surface area contributed by atoms with Gasteiger partial charge in [-0.1, -0.05) is 23.8 Å². The highest BCUT2D eigenvalue weighted by atomic mass is 32.1. The zero-order valence-corrected chi connectivity index (χ0v) is 12.9. The smallest absolute Gasteiger partial charge is 0.253 e. The number of hydrogen-bond acceptors (Lipinski definition) is 4. The van der Waals surface area contributed by atoms with E-state index in [1.165, 1.54) is 5.56 Å². The Kier molecular flexibility index (Phi) is 4.25. The number of nitrogens with zero attached hydrogens (tertiary/aromatic N) is 2. The van der Waals surface area contributed by atoms with Crippen molar-refractivity contribution in [3.8, 4) is 10.6 Å². The first-order valence-corrected chi connectivity index (χ1v) is 7.80. The maximum Gasteiger partial charge on any atom is 0.253 e. The SMILES string of the molecule is Cc1cccc(-c2nc(CNC(=O)c3cccnc3)cs2)c1. The summed E-state index contributed by atoms with van der Waals surface area (Å²) in [5.74, 6) is -0.141. The Hall–Kier alpha value is -2.53. The molecular weight excluding hydrogens is 294 g/mol. The third-order valence-electron chi connectivity index (χ3n) is 3.17. The van der Waals surface area contributed by atoms with Gasteiger partial charge < -0.3 is 5.32 Å². The number of nitrogens with one attached hydrogen (secondary N) is 1. The van der Waals surface area contributed by atoms with E-state index in [-0.39, 0.29) is 5.91 Å². The van der Waals surface area contributed by atoms with Crippen molar-refractivity contribution in [1.82, 2.24) is 15.3 Å². The van der Waals surface area contributed by atoms with Gasteiger partial charge in [-0.2, -0.15) is 0 Å². The number of amides is 1. The van der Waals surface area contributed by atoms with E-state index in [1.807, 2.05) is 17.5 Å². The lowest BCUT2D eigenvalue weighted by molar-refractivity contribution is 0.0950. The molecule has 1 aromatic carbocycles. The number of hydrogen-bond donors (Lipinski definition) is 1. The molecule has 0 atom stereocenters.